The van der Waals surface area contributed by atoms with Gasteiger partial charge in [-0.25, -0.2) is 13.4 Å². The van der Waals surface area contributed by atoms with E-state index in [2.05, 4.69) is 4.98 Å². The normalized spacial score (nSPS) is 22.8. The van der Waals surface area contributed by atoms with Crippen LogP contribution in [-0.4, -0.2) is 35.4 Å². The van der Waals surface area contributed by atoms with Gasteiger partial charge < -0.3 is 4.57 Å². The maximum atomic E-state index is 12.2. The topological polar surface area (TPSA) is 55.2 Å². The minimum absolute atomic E-state index is 0.0363. The van der Waals surface area contributed by atoms with E-state index in [1.54, 1.807) is 7.05 Å². The number of hydrogen-bond acceptors (Lipinski definition) is 3. The molecule has 90 valence electrons. The van der Waals surface area contributed by atoms with Gasteiger partial charge in [-0.1, -0.05) is 18.5 Å². The second-order valence-corrected chi connectivity index (χ2v) is 6.42. The molecule has 1 aliphatic heterocycles. The van der Waals surface area contributed by atoms with Crippen molar-refractivity contribution < 1.29 is 8.42 Å². The molecule has 0 aromatic carbocycles. The van der Waals surface area contributed by atoms with Gasteiger partial charge in [0.25, 0.3) is 10.0 Å². The minimum Gasteiger partial charge on any atom is -0.324 e. The summed E-state index contributed by atoms with van der Waals surface area (Å²) in [7, 11) is -1.84. The molecule has 0 spiro atoms. The zero-order chi connectivity index (χ0) is 11.9. The van der Waals surface area contributed by atoms with Gasteiger partial charge in [0, 0.05) is 20.1 Å². The van der Waals surface area contributed by atoms with Crippen LogP contribution in [0.5, 0.6) is 0 Å². The highest BCUT2D eigenvalue weighted by Gasteiger charge is 2.34. The predicted molar refractivity (Wildman–Crippen MR) is 60.8 cm³/mol. The number of hydrogen-bond donors (Lipinski definition) is 0. The molecule has 1 aromatic rings. The van der Waals surface area contributed by atoms with Crippen molar-refractivity contribution in [1.29, 1.82) is 0 Å². The molecule has 0 N–H and O–H groups in total. The first-order valence-corrected chi connectivity index (χ1v) is 6.91. The highest BCUT2D eigenvalue weighted by atomic mass is 35.5. The van der Waals surface area contributed by atoms with Crippen LogP contribution >= 0.6 is 11.6 Å². The van der Waals surface area contributed by atoms with Gasteiger partial charge in [0.05, 0.1) is 6.33 Å². The molecule has 2 rings (SSSR count). The standard InChI is InChI=1S/C9H14ClN3O2S/c1-7-3-4-13(5-7)16(14,15)9-8(10)12(2)6-11-9/h6-7H,3-5H2,1-2H3. The van der Waals surface area contributed by atoms with E-state index in [-0.39, 0.29) is 10.2 Å². The van der Waals surface area contributed by atoms with Gasteiger partial charge in [-0.05, 0) is 12.3 Å². The van der Waals surface area contributed by atoms with Gasteiger partial charge in [-0.2, -0.15) is 4.31 Å². The third kappa shape index (κ3) is 1.85. The largest absolute Gasteiger partial charge is 0.324 e. The average molecular weight is 264 g/mol. The van der Waals surface area contributed by atoms with Crippen LogP contribution in [0.1, 0.15) is 13.3 Å². The number of aromatic nitrogens is 2. The van der Waals surface area contributed by atoms with Gasteiger partial charge in [0.1, 0.15) is 5.15 Å². The lowest BCUT2D eigenvalue weighted by Gasteiger charge is -2.14. The Labute approximate surface area is 100 Å². The first-order valence-electron chi connectivity index (χ1n) is 5.10. The van der Waals surface area contributed by atoms with Crippen LogP contribution in [0.25, 0.3) is 0 Å². The molecule has 0 bridgehead atoms. The van der Waals surface area contributed by atoms with Crippen LogP contribution in [0.4, 0.5) is 0 Å². The number of rotatable bonds is 2. The quantitative estimate of drug-likeness (QED) is 0.803. The molecule has 1 atom stereocenters. The Morgan fingerprint density at radius 1 is 1.56 bits per heavy atom. The van der Waals surface area contributed by atoms with E-state index in [4.69, 9.17) is 11.6 Å². The molecule has 7 heteroatoms. The molecule has 1 aromatic heterocycles. The number of halogens is 1. The molecule has 0 amide bonds. The smallest absolute Gasteiger partial charge is 0.263 e. The molecular weight excluding hydrogens is 250 g/mol. The second kappa shape index (κ2) is 4.01. The summed E-state index contributed by atoms with van der Waals surface area (Å²) >= 11 is 5.90. The van der Waals surface area contributed by atoms with E-state index >= 15 is 0 Å². The van der Waals surface area contributed by atoms with Crippen LogP contribution in [0.3, 0.4) is 0 Å². The third-order valence-corrected chi connectivity index (χ3v) is 5.16. The number of nitrogens with zero attached hydrogens (tertiary/aromatic N) is 3. The van der Waals surface area contributed by atoms with Crippen LogP contribution in [0.2, 0.25) is 5.15 Å². The molecule has 5 nitrogen and oxygen atoms in total. The van der Waals surface area contributed by atoms with Crippen molar-refractivity contribution in [2.75, 3.05) is 13.1 Å². The van der Waals surface area contributed by atoms with Crippen molar-refractivity contribution in [3.05, 3.63) is 11.5 Å². The van der Waals surface area contributed by atoms with E-state index in [9.17, 15) is 8.42 Å². The monoisotopic (exact) mass is 263 g/mol. The fourth-order valence-electron chi connectivity index (χ4n) is 1.80. The number of sulfonamides is 1. The highest BCUT2D eigenvalue weighted by molar-refractivity contribution is 7.89. The van der Waals surface area contributed by atoms with Crippen molar-refractivity contribution in [1.82, 2.24) is 13.9 Å². The Kier molecular flexibility index (Phi) is 2.98. The molecule has 1 fully saturated rings. The lowest BCUT2D eigenvalue weighted by molar-refractivity contribution is 0.462. The number of aryl methyl sites for hydroxylation is 1. The van der Waals surface area contributed by atoms with E-state index in [0.717, 1.165) is 6.42 Å². The molecule has 1 saturated heterocycles. The molecular formula is C9H14ClN3O2S. The van der Waals surface area contributed by atoms with Crippen molar-refractivity contribution in [3.8, 4) is 0 Å². The molecule has 0 saturated carbocycles. The molecule has 1 unspecified atom stereocenters. The minimum atomic E-state index is -3.51. The summed E-state index contributed by atoms with van der Waals surface area (Å²) in [5, 5.41) is 0.130. The molecule has 16 heavy (non-hydrogen) atoms. The fourth-order valence-corrected chi connectivity index (χ4v) is 3.77. The van der Waals surface area contributed by atoms with Crippen LogP contribution in [-0.2, 0) is 17.1 Å². The van der Waals surface area contributed by atoms with E-state index in [1.807, 2.05) is 6.92 Å². The lowest BCUT2D eigenvalue weighted by Crippen LogP contribution is -2.29. The summed E-state index contributed by atoms with van der Waals surface area (Å²) in [6.45, 7) is 3.14. The lowest BCUT2D eigenvalue weighted by atomic mass is 10.2. The van der Waals surface area contributed by atoms with Crippen molar-refractivity contribution in [2.24, 2.45) is 13.0 Å². The van der Waals surface area contributed by atoms with Crippen molar-refractivity contribution in [2.45, 2.75) is 18.4 Å². The zero-order valence-corrected chi connectivity index (χ0v) is 10.8. The third-order valence-electron chi connectivity index (χ3n) is 2.81. The maximum Gasteiger partial charge on any atom is 0.263 e. The van der Waals surface area contributed by atoms with E-state index in [0.29, 0.717) is 19.0 Å². The summed E-state index contributed by atoms with van der Waals surface area (Å²) in [5.41, 5.74) is 0. The zero-order valence-electron chi connectivity index (χ0n) is 9.22. The summed E-state index contributed by atoms with van der Waals surface area (Å²) in [6.07, 6.45) is 2.30. The maximum absolute atomic E-state index is 12.2. The summed E-state index contributed by atoms with van der Waals surface area (Å²) in [4.78, 5) is 3.86. The Morgan fingerprint density at radius 2 is 2.25 bits per heavy atom. The number of imidazole rings is 1. The van der Waals surface area contributed by atoms with E-state index in [1.165, 1.54) is 15.2 Å². The first-order chi connectivity index (χ1) is 7.43. The van der Waals surface area contributed by atoms with Gasteiger partial charge >= 0.3 is 0 Å². The molecule has 1 aliphatic rings. The predicted octanol–water partition coefficient (Wildman–Crippen LogP) is 1.10. The SMILES string of the molecule is CC1CCN(S(=O)(=O)c2ncn(C)c2Cl)C1. The van der Waals surface area contributed by atoms with Crippen LogP contribution < -0.4 is 0 Å². The van der Waals surface area contributed by atoms with E-state index < -0.39 is 10.0 Å². The van der Waals surface area contributed by atoms with Gasteiger partial charge in [0.2, 0.25) is 5.03 Å². The van der Waals surface area contributed by atoms with Gasteiger partial charge in [0.15, 0.2) is 0 Å². The Morgan fingerprint density at radius 3 is 2.69 bits per heavy atom. The Hall–Kier alpha value is -0.590. The van der Waals surface area contributed by atoms with Gasteiger partial charge in [-0.3, -0.25) is 0 Å². The highest BCUT2D eigenvalue weighted by Crippen LogP contribution is 2.27. The summed E-state index contributed by atoms with van der Waals surface area (Å²) in [6, 6.07) is 0. The van der Waals surface area contributed by atoms with Crippen molar-refractivity contribution >= 4 is 21.6 Å². The second-order valence-electron chi connectivity index (χ2n) is 4.21. The van der Waals surface area contributed by atoms with Crippen LogP contribution in [0.15, 0.2) is 11.4 Å². The molecule has 0 radical (unpaired) electrons. The Bertz CT molecular complexity index is 497. The fraction of sp³-hybridized carbons (Fsp3) is 0.667. The summed E-state index contributed by atoms with van der Waals surface area (Å²) < 4.78 is 27.3. The first kappa shape index (κ1) is 11.9. The average Bonchev–Trinajstić information content (AvgIpc) is 2.76. The van der Waals surface area contributed by atoms with Gasteiger partial charge in [-0.15, -0.1) is 0 Å². The van der Waals surface area contributed by atoms with Crippen LogP contribution in [0, 0.1) is 5.92 Å². The molecule has 2 heterocycles. The Balaban J connectivity index is 2.36. The van der Waals surface area contributed by atoms with Crippen molar-refractivity contribution in [3.63, 3.8) is 0 Å². The molecule has 0 aliphatic carbocycles. The summed E-state index contributed by atoms with van der Waals surface area (Å²) in [5.74, 6) is 0.400.